The van der Waals surface area contributed by atoms with Gasteiger partial charge in [0.1, 0.15) is 0 Å². The van der Waals surface area contributed by atoms with E-state index >= 15 is 0 Å². The summed E-state index contributed by atoms with van der Waals surface area (Å²) in [5, 5.41) is 1.84. The lowest BCUT2D eigenvalue weighted by Crippen LogP contribution is -1.91. The molecule has 12 heavy (non-hydrogen) atoms. The fraction of sp³-hybridized carbons (Fsp3) is 0.444. The molecule has 1 nitrogen and oxygen atoms in total. The van der Waals surface area contributed by atoms with Crippen molar-refractivity contribution in [3.63, 3.8) is 0 Å². The van der Waals surface area contributed by atoms with Gasteiger partial charge in [-0.2, -0.15) is 0 Å². The molecule has 0 saturated heterocycles. The molecule has 0 atom stereocenters. The van der Waals surface area contributed by atoms with Gasteiger partial charge >= 0.3 is 0 Å². The second kappa shape index (κ2) is 4.67. The van der Waals surface area contributed by atoms with Crippen LogP contribution in [-0.4, -0.2) is 5.12 Å². The fourth-order valence-electron chi connectivity index (χ4n) is 1.06. The van der Waals surface area contributed by atoms with Crippen LogP contribution in [0.3, 0.4) is 0 Å². The standard InChI is InChI=1S/C9H12OS2/c1-2-3-4-8-7(9(10)11)5-6-12-8/h5-6H,2-4H2,1H3,(H,10,11). The lowest BCUT2D eigenvalue weighted by Gasteiger charge is -1.97. The predicted octanol–water partition coefficient (Wildman–Crippen LogP) is 3.16. The smallest absolute Gasteiger partial charge is 0.217 e. The molecule has 0 bridgehead atoms. The van der Waals surface area contributed by atoms with E-state index in [0.29, 0.717) is 0 Å². The lowest BCUT2D eigenvalue weighted by molar-refractivity contribution is 0.109. The molecular formula is C9H12OS2. The third kappa shape index (κ3) is 2.35. The Morgan fingerprint density at radius 1 is 1.67 bits per heavy atom. The van der Waals surface area contributed by atoms with E-state index < -0.39 is 0 Å². The Kier molecular flexibility index (Phi) is 3.82. The summed E-state index contributed by atoms with van der Waals surface area (Å²) in [4.78, 5) is 12.1. The first-order valence-electron chi connectivity index (χ1n) is 4.05. The monoisotopic (exact) mass is 200 g/mol. The third-order valence-corrected chi connectivity index (χ3v) is 2.95. The topological polar surface area (TPSA) is 17.1 Å². The zero-order valence-electron chi connectivity index (χ0n) is 7.04. The van der Waals surface area contributed by atoms with Crippen molar-refractivity contribution in [1.29, 1.82) is 0 Å². The zero-order chi connectivity index (χ0) is 8.97. The highest BCUT2D eigenvalue weighted by molar-refractivity contribution is 7.97. The Bertz CT molecular complexity index is 265. The first kappa shape index (κ1) is 9.81. The summed E-state index contributed by atoms with van der Waals surface area (Å²) in [6.07, 6.45) is 3.32. The van der Waals surface area contributed by atoms with E-state index in [1.165, 1.54) is 4.88 Å². The minimum absolute atomic E-state index is 0.109. The lowest BCUT2D eigenvalue weighted by atomic mass is 10.2. The van der Waals surface area contributed by atoms with Crippen molar-refractivity contribution in [3.05, 3.63) is 21.9 Å². The molecule has 1 aromatic rings. The summed E-state index contributed by atoms with van der Waals surface area (Å²) in [5.74, 6) is 0. The van der Waals surface area contributed by atoms with E-state index in [1.54, 1.807) is 11.3 Å². The highest BCUT2D eigenvalue weighted by atomic mass is 32.1. The molecule has 0 amide bonds. The average molecular weight is 200 g/mol. The average Bonchev–Trinajstić information content (AvgIpc) is 2.48. The van der Waals surface area contributed by atoms with Gasteiger partial charge in [-0.15, -0.1) is 24.0 Å². The van der Waals surface area contributed by atoms with Crippen LogP contribution in [0, 0.1) is 0 Å². The number of hydrogen-bond donors (Lipinski definition) is 1. The Labute approximate surface area is 82.2 Å². The number of carbonyl (C=O) groups excluding carboxylic acids is 1. The summed E-state index contributed by atoms with van der Waals surface area (Å²) in [6, 6.07) is 1.85. The molecule has 1 rings (SSSR count). The maximum absolute atomic E-state index is 11.0. The molecule has 1 aromatic heterocycles. The van der Waals surface area contributed by atoms with Gasteiger partial charge in [-0.1, -0.05) is 13.3 Å². The summed E-state index contributed by atoms with van der Waals surface area (Å²) in [5.41, 5.74) is 0.789. The van der Waals surface area contributed by atoms with Crippen molar-refractivity contribution in [3.8, 4) is 0 Å². The third-order valence-electron chi connectivity index (χ3n) is 1.73. The van der Waals surface area contributed by atoms with E-state index in [4.69, 9.17) is 0 Å². The molecule has 0 aromatic carbocycles. The number of aryl methyl sites for hydroxylation is 1. The summed E-state index contributed by atoms with van der Waals surface area (Å²) >= 11 is 5.46. The van der Waals surface area contributed by atoms with Crippen LogP contribution >= 0.6 is 24.0 Å². The number of carbonyl (C=O) groups is 1. The Morgan fingerprint density at radius 2 is 2.42 bits per heavy atom. The quantitative estimate of drug-likeness (QED) is 0.739. The second-order valence-electron chi connectivity index (χ2n) is 2.67. The van der Waals surface area contributed by atoms with Gasteiger partial charge < -0.3 is 0 Å². The van der Waals surface area contributed by atoms with Crippen LogP contribution in [0.4, 0.5) is 0 Å². The van der Waals surface area contributed by atoms with Gasteiger partial charge in [0, 0.05) is 10.4 Å². The largest absolute Gasteiger partial charge is 0.282 e. The van der Waals surface area contributed by atoms with Gasteiger partial charge in [0.2, 0.25) is 5.12 Å². The van der Waals surface area contributed by atoms with Crippen molar-refractivity contribution >= 4 is 29.1 Å². The number of thiol groups is 1. The van der Waals surface area contributed by atoms with Crippen LogP contribution < -0.4 is 0 Å². The van der Waals surface area contributed by atoms with Gasteiger partial charge in [-0.05, 0) is 24.3 Å². The predicted molar refractivity (Wildman–Crippen MR) is 56.2 cm³/mol. The maximum Gasteiger partial charge on any atom is 0.217 e. The molecular weight excluding hydrogens is 188 g/mol. The number of thiophene rings is 1. The second-order valence-corrected chi connectivity index (χ2v) is 4.07. The van der Waals surface area contributed by atoms with Crippen molar-refractivity contribution in [2.75, 3.05) is 0 Å². The van der Waals surface area contributed by atoms with Gasteiger partial charge in [0.25, 0.3) is 0 Å². The van der Waals surface area contributed by atoms with Gasteiger partial charge in [-0.25, -0.2) is 0 Å². The maximum atomic E-state index is 11.0. The number of rotatable bonds is 4. The van der Waals surface area contributed by atoms with E-state index in [-0.39, 0.29) is 5.12 Å². The first-order chi connectivity index (χ1) is 5.75. The van der Waals surface area contributed by atoms with Crippen LogP contribution in [0.1, 0.15) is 35.0 Å². The molecule has 0 radical (unpaired) electrons. The molecule has 0 unspecified atom stereocenters. The Morgan fingerprint density at radius 3 is 3.00 bits per heavy atom. The molecule has 0 saturated carbocycles. The van der Waals surface area contributed by atoms with Crippen LogP contribution in [0.15, 0.2) is 11.4 Å². The highest BCUT2D eigenvalue weighted by Crippen LogP contribution is 2.20. The molecule has 0 aliphatic heterocycles. The zero-order valence-corrected chi connectivity index (χ0v) is 8.75. The van der Waals surface area contributed by atoms with E-state index in [9.17, 15) is 4.79 Å². The van der Waals surface area contributed by atoms with Gasteiger partial charge in [0.05, 0.1) is 0 Å². The van der Waals surface area contributed by atoms with Crippen molar-refractivity contribution in [2.45, 2.75) is 26.2 Å². The van der Waals surface area contributed by atoms with Gasteiger partial charge in [-0.3, -0.25) is 4.79 Å². The molecule has 66 valence electrons. The molecule has 3 heteroatoms. The minimum Gasteiger partial charge on any atom is -0.282 e. The Hall–Kier alpha value is -0.280. The van der Waals surface area contributed by atoms with Crippen LogP contribution in [0.2, 0.25) is 0 Å². The highest BCUT2D eigenvalue weighted by Gasteiger charge is 2.07. The van der Waals surface area contributed by atoms with Crippen LogP contribution in [-0.2, 0) is 6.42 Å². The number of unbranched alkanes of at least 4 members (excludes halogenated alkanes) is 1. The van der Waals surface area contributed by atoms with Crippen molar-refractivity contribution < 1.29 is 4.79 Å². The SMILES string of the molecule is CCCCc1sccc1C(=O)S. The summed E-state index contributed by atoms with van der Waals surface area (Å²) in [6.45, 7) is 2.15. The van der Waals surface area contributed by atoms with Crippen molar-refractivity contribution in [2.24, 2.45) is 0 Å². The number of hydrogen-bond acceptors (Lipinski definition) is 2. The van der Waals surface area contributed by atoms with Gasteiger partial charge in [0.15, 0.2) is 0 Å². The molecule has 0 fully saturated rings. The fourth-order valence-corrected chi connectivity index (χ4v) is 2.27. The normalized spacial score (nSPS) is 10.2. The molecule has 1 heterocycles. The van der Waals surface area contributed by atoms with Crippen LogP contribution in [0.5, 0.6) is 0 Å². The molecule has 0 aliphatic carbocycles. The molecule has 0 aliphatic rings. The van der Waals surface area contributed by atoms with Crippen molar-refractivity contribution in [1.82, 2.24) is 0 Å². The molecule has 0 N–H and O–H groups in total. The van der Waals surface area contributed by atoms with Crippen LogP contribution in [0.25, 0.3) is 0 Å². The van der Waals surface area contributed by atoms with E-state index in [1.807, 2.05) is 11.4 Å². The minimum atomic E-state index is -0.109. The Balaban J connectivity index is 2.70. The first-order valence-corrected chi connectivity index (χ1v) is 5.38. The summed E-state index contributed by atoms with van der Waals surface area (Å²) < 4.78 is 0. The van der Waals surface area contributed by atoms with E-state index in [2.05, 4.69) is 19.6 Å². The summed E-state index contributed by atoms with van der Waals surface area (Å²) in [7, 11) is 0. The molecule has 0 spiro atoms. The van der Waals surface area contributed by atoms with E-state index in [0.717, 1.165) is 24.8 Å².